The summed E-state index contributed by atoms with van der Waals surface area (Å²) in [6.07, 6.45) is 7.31. The van der Waals surface area contributed by atoms with Crippen LogP contribution in [0.1, 0.15) is 50.5 Å². The molecule has 2 aromatic rings. The zero-order valence-electron chi connectivity index (χ0n) is 18.0. The number of aliphatic carboxylic acids is 1. The number of rotatable bonds is 8. The van der Waals surface area contributed by atoms with Gasteiger partial charge in [0.2, 0.25) is 0 Å². The van der Waals surface area contributed by atoms with Gasteiger partial charge in [-0.05, 0) is 86.1 Å². The molecule has 0 aromatic heterocycles. The molecule has 6 rings (SSSR count). The van der Waals surface area contributed by atoms with Crippen molar-refractivity contribution in [3.63, 3.8) is 0 Å². The molecule has 164 valence electrons. The first-order valence-electron chi connectivity index (χ1n) is 11.3. The molecule has 2 saturated heterocycles. The lowest BCUT2D eigenvalue weighted by atomic mass is 9.62. The monoisotopic (exact) mass is 422 g/mol. The maximum Gasteiger partial charge on any atom is 0.306 e. The Morgan fingerprint density at radius 3 is 2.42 bits per heavy atom. The predicted octanol–water partition coefficient (Wildman–Crippen LogP) is 5.77. The van der Waals surface area contributed by atoms with Crippen LogP contribution in [0.25, 0.3) is 0 Å². The van der Waals surface area contributed by atoms with Crippen LogP contribution in [0.3, 0.4) is 0 Å². The molecule has 2 atom stereocenters. The lowest BCUT2D eigenvalue weighted by molar-refractivity contribution is -0.192. The van der Waals surface area contributed by atoms with Crippen LogP contribution in [0.15, 0.2) is 48.5 Å². The summed E-state index contributed by atoms with van der Waals surface area (Å²) >= 11 is 0. The molecule has 0 amide bonds. The van der Waals surface area contributed by atoms with Crippen molar-refractivity contribution in [3.8, 4) is 17.2 Å². The summed E-state index contributed by atoms with van der Waals surface area (Å²) in [5.74, 6) is 1.98. The van der Waals surface area contributed by atoms with Crippen molar-refractivity contribution in [1.29, 1.82) is 0 Å². The van der Waals surface area contributed by atoms with Crippen LogP contribution in [0, 0.1) is 17.3 Å². The summed E-state index contributed by atoms with van der Waals surface area (Å²) in [6.45, 7) is 0.776. The molecule has 2 bridgehead atoms. The number of carboxylic acid groups (broad SMARTS) is 1. The van der Waals surface area contributed by atoms with Gasteiger partial charge in [-0.15, -0.1) is 0 Å². The minimum Gasteiger partial charge on any atom is -0.497 e. The van der Waals surface area contributed by atoms with E-state index in [-0.39, 0.29) is 16.9 Å². The third-order valence-electron chi connectivity index (χ3n) is 7.70. The van der Waals surface area contributed by atoms with Gasteiger partial charge in [-0.1, -0.05) is 18.2 Å². The van der Waals surface area contributed by atoms with E-state index in [0.717, 1.165) is 68.8 Å². The summed E-state index contributed by atoms with van der Waals surface area (Å²) in [7, 11) is 1.65. The number of hydrogen-bond acceptors (Lipinski definition) is 4. The van der Waals surface area contributed by atoms with Gasteiger partial charge < -0.3 is 19.3 Å². The van der Waals surface area contributed by atoms with E-state index in [1.165, 1.54) is 5.56 Å². The second-order valence-electron chi connectivity index (χ2n) is 9.57. The highest BCUT2D eigenvalue weighted by Crippen LogP contribution is 2.57. The Kier molecular flexibility index (Phi) is 5.17. The van der Waals surface area contributed by atoms with Crippen LogP contribution in [0.5, 0.6) is 17.2 Å². The minimum atomic E-state index is -0.624. The zero-order chi connectivity index (χ0) is 21.5. The van der Waals surface area contributed by atoms with E-state index in [1.807, 2.05) is 36.4 Å². The van der Waals surface area contributed by atoms with Gasteiger partial charge in [0, 0.05) is 6.07 Å². The Morgan fingerprint density at radius 1 is 1.06 bits per heavy atom. The third-order valence-corrected chi connectivity index (χ3v) is 7.70. The summed E-state index contributed by atoms with van der Waals surface area (Å²) in [5.41, 5.74) is 1.20. The quantitative estimate of drug-likeness (QED) is 0.585. The highest BCUT2D eigenvalue weighted by molar-refractivity contribution is 5.73. The minimum absolute atomic E-state index is 0.101. The van der Waals surface area contributed by atoms with Crippen LogP contribution in [-0.4, -0.2) is 24.8 Å². The Bertz CT molecular complexity index is 943. The molecule has 31 heavy (non-hydrogen) atoms. The molecule has 2 aromatic carbocycles. The average Bonchev–Trinajstić information content (AvgIpc) is 3.60. The van der Waals surface area contributed by atoms with E-state index in [0.29, 0.717) is 5.92 Å². The van der Waals surface area contributed by atoms with Gasteiger partial charge in [-0.2, -0.15) is 0 Å². The largest absolute Gasteiger partial charge is 0.497 e. The number of methoxy groups -OCH3 is 1. The van der Waals surface area contributed by atoms with Crippen molar-refractivity contribution >= 4 is 5.97 Å². The number of fused-ring (bicyclic) bond motifs is 3. The first-order chi connectivity index (χ1) is 15.0. The first kappa shape index (κ1) is 20.4. The number of carboxylic acids is 1. The predicted molar refractivity (Wildman–Crippen MR) is 117 cm³/mol. The Balaban J connectivity index is 1.24. The van der Waals surface area contributed by atoms with Crippen LogP contribution < -0.4 is 9.47 Å². The van der Waals surface area contributed by atoms with Gasteiger partial charge in [0.1, 0.15) is 17.2 Å². The summed E-state index contributed by atoms with van der Waals surface area (Å²) < 4.78 is 17.9. The van der Waals surface area contributed by atoms with Crippen LogP contribution in [0.2, 0.25) is 0 Å². The maximum absolute atomic E-state index is 11.1. The van der Waals surface area contributed by atoms with Crippen molar-refractivity contribution in [2.24, 2.45) is 17.3 Å². The third kappa shape index (κ3) is 4.03. The normalized spacial score (nSPS) is 31.3. The number of hydrogen-bond donors (Lipinski definition) is 1. The zero-order valence-corrected chi connectivity index (χ0v) is 18.0. The molecule has 2 heterocycles. The number of benzene rings is 2. The van der Waals surface area contributed by atoms with E-state index in [2.05, 4.69) is 12.1 Å². The van der Waals surface area contributed by atoms with Gasteiger partial charge in [-0.3, -0.25) is 4.79 Å². The fourth-order valence-corrected chi connectivity index (χ4v) is 5.46. The van der Waals surface area contributed by atoms with Crippen LogP contribution >= 0.6 is 0 Å². The molecule has 2 aliphatic heterocycles. The molecule has 0 spiro atoms. The SMILES string of the molecule is COc1cccc(Oc2cccc(C34CCC(CC[C@@H]5C[C@H]5C(=O)O)(CC3)CO4)c2)c1. The first-order valence-corrected chi connectivity index (χ1v) is 11.3. The Morgan fingerprint density at radius 2 is 1.77 bits per heavy atom. The molecular weight excluding hydrogens is 392 g/mol. The van der Waals surface area contributed by atoms with Gasteiger partial charge in [0.25, 0.3) is 0 Å². The van der Waals surface area contributed by atoms with Crippen molar-refractivity contribution in [2.75, 3.05) is 13.7 Å². The second kappa shape index (κ2) is 7.86. The summed E-state index contributed by atoms with van der Waals surface area (Å²) in [6, 6.07) is 15.9. The van der Waals surface area contributed by atoms with Gasteiger partial charge >= 0.3 is 5.97 Å². The topological polar surface area (TPSA) is 65.0 Å². The molecule has 0 unspecified atom stereocenters. The molecular formula is C26H30O5. The Labute approximate surface area is 183 Å². The molecule has 2 aliphatic carbocycles. The second-order valence-corrected chi connectivity index (χ2v) is 9.57. The van der Waals surface area contributed by atoms with E-state index >= 15 is 0 Å². The van der Waals surface area contributed by atoms with Crippen molar-refractivity contribution in [1.82, 2.24) is 0 Å². The number of carbonyl (C=O) groups is 1. The smallest absolute Gasteiger partial charge is 0.306 e. The average molecular weight is 423 g/mol. The van der Waals surface area contributed by atoms with Gasteiger partial charge in [0.15, 0.2) is 0 Å². The van der Waals surface area contributed by atoms with E-state index < -0.39 is 5.97 Å². The van der Waals surface area contributed by atoms with E-state index in [4.69, 9.17) is 19.3 Å². The molecule has 4 fully saturated rings. The Hall–Kier alpha value is -2.53. The molecule has 5 nitrogen and oxygen atoms in total. The number of ether oxygens (including phenoxy) is 3. The standard InChI is InChI=1S/C26H30O5/c1-29-20-5-3-7-22(16-20)31-21-6-2-4-19(15-21)26-12-10-25(11-13-26,17-30-26)9-8-18-14-23(18)24(27)28/h2-7,15-16,18,23H,8-14,17H2,1H3,(H,27,28)/t18-,23-,25?,26?/m1/s1. The van der Waals surface area contributed by atoms with Crippen LogP contribution in [-0.2, 0) is 15.1 Å². The summed E-state index contributed by atoms with van der Waals surface area (Å²) in [4.78, 5) is 11.1. The lowest BCUT2D eigenvalue weighted by Crippen LogP contribution is -2.49. The molecule has 0 radical (unpaired) electrons. The van der Waals surface area contributed by atoms with Crippen molar-refractivity contribution in [2.45, 2.75) is 50.5 Å². The van der Waals surface area contributed by atoms with Crippen LogP contribution in [0.4, 0.5) is 0 Å². The highest BCUT2D eigenvalue weighted by atomic mass is 16.5. The van der Waals surface area contributed by atoms with Crippen molar-refractivity contribution < 1.29 is 24.1 Å². The van der Waals surface area contributed by atoms with Gasteiger partial charge in [-0.25, -0.2) is 0 Å². The van der Waals surface area contributed by atoms with Gasteiger partial charge in [0.05, 0.1) is 25.2 Å². The molecule has 5 heteroatoms. The highest BCUT2D eigenvalue weighted by Gasteiger charge is 2.52. The van der Waals surface area contributed by atoms with E-state index in [1.54, 1.807) is 7.11 Å². The molecule has 2 saturated carbocycles. The summed E-state index contributed by atoms with van der Waals surface area (Å²) in [5, 5.41) is 9.15. The van der Waals surface area contributed by atoms with E-state index in [9.17, 15) is 4.79 Å². The molecule has 4 aliphatic rings. The fraction of sp³-hybridized carbons (Fsp3) is 0.500. The fourth-order valence-electron chi connectivity index (χ4n) is 5.46. The van der Waals surface area contributed by atoms with Crippen molar-refractivity contribution in [3.05, 3.63) is 54.1 Å². The molecule has 1 N–H and O–H groups in total. The maximum atomic E-state index is 11.1. The lowest BCUT2D eigenvalue weighted by Gasteiger charge is -2.53.